The van der Waals surface area contributed by atoms with Crippen LogP contribution in [0.4, 0.5) is 0 Å². The first-order valence-electron chi connectivity index (χ1n) is 10.4. The first kappa shape index (κ1) is 21.3. The first-order valence-corrected chi connectivity index (χ1v) is 10.4. The molecule has 1 atom stereocenters. The number of esters is 1. The maximum Gasteiger partial charge on any atom is 0.343 e. The number of benzene rings is 1. The second kappa shape index (κ2) is 9.90. The minimum Gasteiger partial charge on any atom is -0.461 e. The van der Waals surface area contributed by atoms with E-state index < -0.39 is 11.6 Å². The van der Waals surface area contributed by atoms with Gasteiger partial charge >= 0.3 is 5.97 Å². The number of furan rings is 1. The highest BCUT2D eigenvalue weighted by Gasteiger charge is 2.47. The van der Waals surface area contributed by atoms with Gasteiger partial charge in [0.2, 0.25) is 0 Å². The second-order valence-corrected chi connectivity index (χ2v) is 7.90. The average molecular weight is 398 g/mol. The van der Waals surface area contributed by atoms with Crippen molar-refractivity contribution in [2.75, 3.05) is 13.6 Å². The van der Waals surface area contributed by atoms with Crippen molar-refractivity contribution in [1.29, 1.82) is 0 Å². The molecule has 1 saturated carbocycles. The summed E-state index contributed by atoms with van der Waals surface area (Å²) < 4.78 is 11.3. The predicted octanol–water partition coefficient (Wildman–Crippen LogP) is 4.41. The Morgan fingerprint density at radius 1 is 1.21 bits per heavy atom. The molecule has 1 aliphatic carbocycles. The Morgan fingerprint density at radius 2 is 1.90 bits per heavy atom. The number of hydrogen-bond donors (Lipinski definition) is 1. The Hall–Kier alpha value is -2.37. The maximum atomic E-state index is 13.1. The molecule has 1 aliphatic rings. The van der Waals surface area contributed by atoms with Gasteiger partial charge in [-0.3, -0.25) is 4.90 Å². The molecule has 0 bridgehead atoms. The third-order valence-electron chi connectivity index (χ3n) is 5.65. The largest absolute Gasteiger partial charge is 0.461 e. The van der Waals surface area contributed by atoms with E-state index in [1.165, 1.54) is 0 Å². The molecule has 156 valence electrons. The van der Waals surface area contributed by atoms with Gasteiger partial charge in [-0.1, -0.05) is 55.7 Å². The third kappa shape index (κ3) is 5.17. The third-order valence-corrected chi connectivity index (χ3v) is 5.65. The van der Waals surface area contributed by atoms with E-state index in [2.05, 4.69) is 11.5 Å². The van der Waals surface area contributed by atoms with Gasteiger partial charge in [0.25, 0.3) is 0 Å². The van der Waals surface area contributed by atoms with Crippen molar-refractivity contribution >= 4 is 5.97 Å². The lowest BCUT2D eigenvalue weighted by Crippen LogP contribution is -2.45. The van der Waals surface area contributed by atoms with Crippen molar-refractivity contribution in [2.24, 2.45) is 5.92 Å². The summed E-state index contributed by atoms with van der Waals surface area (Å²) >= 11 is 0. The number of nitrogens with zero attached hydrogens (tertiary/aromatic N) is 1. The van der Waals surface area contributed by atoms with Crippen LogP contribution in [0.1, 0.15) is 49.2 Å². The van der Waals surface area contributed by atoms with Crippen LogP contribution in [0.15, 0.2) is 59.5 Å². The Morgan fingerprint density at radius 3 is 2.59 bits per heavy atom. The molecule has 3 rings (SSSR count). The van der Waals surface area contributed by atoms with Crippen molar-refractivity contribution in [3.05, 3.63) is 72.2 Å². The van der Waals surface area contributed by atoms with E-state index >= 15 is 0 Å². The number of rotatable bonds is 9. The lowest BCUT2D eigenvalue weighted by atomic mass is 9.73. The summed E-state index contributed by atoms with van der Waals surface area (Å²) in [5.41, 5.74) is -1.02. The summed E-state index contributed by atoms with van der Waals surface area (Å²) in [7, 11) is 1.98. The van der Waals surface area contributed by atoms with E-state index in [0.29, 0.717) is 17.9 Å². The van der Waals surface area contributed by atoms with Gasteiger partial charge in [-0.15, -0.1) is 6.58 Å². The number of hydrogen-bond acceptors (Lipinski definition) is 5. The summed E-state index contributed by atoms with van der Waals surface area (Å²) in [5, 5.41) is 11.5. The van der Waals surface area contributed by atoms with Gasteiger partial charge in [0.15, 0.2) is 5.60 Å². The van der Waals surface area contributed by atoms with Crippen LogP contribution in [0.5, 0.6) is 0 Å². The van der Waals surface area contributed by atoms with Gasteiger partial charge in [-0.05, 0) is 37.6 Å². The van der Waals surface area contributed by atoms with E-state index in [-0.39, 0.29) is 12.5 Å². The zero-order valence-electron chi connectivity index (χ0n) is 17.2. The summed E-state index contributed by atoms with van der Waals surface area (Å²) in [5.74, 6) is 0.633. The summed E-state index contributed by atoms with van der Waals surface area (Å²) in [6, 6.07) is 12.9. The Kier molecular flexibility index (Phi) is 7.29. The van der Waals surface area contributed by atoms with Crippen LogP contribution in [0.2, 0.25) is 0 Å². The molecule has 1 aromatic heterocycles. The molecule has 1 heterocycles. The standard InChI is InChI=1S/C24H31NO4/c1-3-16-25(2)17-21-14-15-22(29-21)18-28-23(26)24(27,19-10-6-4-7-11-19)20-12-8-5-9-13-20/h3-4,6-7,10-11,14-15,20,27H,1,5,8-9,12-13,16-18H2,2H3/t24-/m0/s1. The minimum absolute atomic E-state index is 0.00582. The molecular weight excluding hydrogens is 366 g/mol. The highest BCUT2D eigenvalue weighted by molar-refractivity contribution is 5.81. The highest BCUT2D eigenvalue weighted by Crippen LogP contribution is 2.40. The molecule has 5 heteroatoms. The van der Waals surface area contributed by atoms with Gasteiger partial charge in [0, 0.05) is 12.5 Å². The van der Waals surface area contributed by atoms with Crippen LogP contribution in [-0.4, -0.2) is 29.6 Å². The SMILES string of the molecule is C=CCN(C)Cc1ccc(COC(=O)[C@](O)(c2ccccc2)C2CCCCC2)o1. The molecule has 5 nitrogen and oxygen atoms in total. The molecule has 2 aromatic rings. The van der Waals surface area contributed by atoms with Gasteiger partial charge in [0.1, 0.15) is 18.1 Å². The quantitative estimate of drug-likeness (QED) is 0.502. The van der Waals surface area contributed by atoms with Crippen LogP contribution < -0.4 is 0 Å². The first-order chi connectivity index (χ1) is 14.0. The monoisotopic (exact) mass is 397 g/mol. The second-order valence-electron chi connectivity index (χ2n) is 7.90. The number of ether oxygens (including phenoxy) is 1. The minimum atomic E-state index is -1.62. The van der Waals surface area contributed by atoms with Gasteiger partial charge < -0.3 is 14.3 Å². The van der Waals surface area contributed by atoms with Crippen LogP contribution in [0, 0.1) is 5.92 Å². The smallest absolute Gasteiger partial charge is 0.343 e. The Bertz CT molecular complexity index is 794. The van der Waals surface area contributed by atoms with Crippen molar-refractivity contribution in [3.8, 4) is 0 Å². The van der Waals surface area contributed by atoms with Crippen LogP contribution in [-0.2, 0) is 28.3 Å². The van der Waals surface area contributed by atoms with E-state index in [1.54, 1.807) is 12.1 Å². The molecule has 0 amide bonds. The molecule has 1 fully saturated rings. The molecule has 0 aliphatic heterocycles. The van der Waals surface area contributed by atoms with E-state index in [4.69, 9.17) is 9.15 Å². The molecule has 29 heavy (non-hydrogen) atoms. The fourth-order valence-electron chi connectivity index (χ4n) is 4.12. The number of carbonyl (C=O) groups is 1. The van der Waals surface area contributed by atoms with Crippen molar-refractivity contribution in [2.45, 2.75) is 50.9 Å². The van der Waals surface area contributed by atoms with E-state index in [0.717, 1.165) is 44.4 Å². The topological polar surface area (TPSA) is 62.9 Å². The maximum absolute atomic E-state index is 13.1. The number of aliphatic hydroxyl groups is 1. The van der Waals surface area contributed by atoms with Crippen LogP contribution >= 0.6 is 0 Å². The lowest BCUT2D eigenvalue weighted by Gasteiger charge is -2.36. The van der Waals surface area contributed by atoms with Crippen molar-refractivity contribution < 1.29 is 19.1 Å². The summed E-state index contributed by atoms with van der Waals surface area (Å²) in [4.78, 5) is 15.1. The average Bonchev–Trinajstić information content (AvgIpc) is 3.20. The molecule has 1 aromatic carbocycles. The predicted molar refractivity (Wildman–Crippen MR) is 112 cm³/mol. The van der Waals surface area contributed by atoms with Gasteiger partial charge in [-0.25, -0.2) is 4.79 Å². The molecule has 0 saturated heterocycles. The lowest BCUT2D eigenvalue weighted by molar-refractivity contribution is -0.177. The molecular formula is C24H31NO4. The van der Waals surface area contributed by atoms with Gasteiger partial charge in [-0.2, -0.15) is 0 Å². The zero-order valence-corrected chi connectivity index (χ0v) is 17.2. The number of likely N-dealkylation sites (N-methyl/N-ethyl adjacent to an activating group) is 1. The molecule has 0 spiro atoms. The van der Waals surface area contributed by atoms with Gasteiger partial charge in [0.05, 0.1) is 6.54 Å². The van der Waals surface area contributed by atoms with Crippen LogP contribution in [0.3, 0.4) is 0 Å². The molecule has 0 unspecified atom stereocenters. The summed E-state index contributed by atoms with van der Waals surface area (Å²) in [6.45, 7) is 5.14. The molecule has 1 N–H and O–H groups in total. The van der Waals surface area contributed by atoms with Crippen LogP contribution in [0.25, 0.3) is 0 Å². The Labute approximate surface area is 173 Å². The van der Waals surface area contributed by atoms with E-state index in [1.807, 2.05) is 43.5 Å². The van der Waals surface area contributed by atoms with E-state index in [9.17, 15) is 9.90 Å². The zero-order chi connectivity index (χ0) is 20.7. The van der Waals surface area contributed by atoms with Crippen molar-refractivity contribution in [3.63, 3.8) is 0 Å². The summed E-state index contributed by atoms with van der Waals surface area (Å²) in [6.07, 6.45) is 6.66. The number of carbonyl (C=O) groups excluding carboxylic acids is 1. The normalized spacial score (nSPS) is 17.1. The fraction of sp³-hybridized carbons (Fsp3) is 0.458. The highest BCUT2D eigenvalue weighted by atomic mass is 16.6. The fourth-order valence-corrected chi connectivity index (χ4v) is 4.12. The molecule has 0 radical (unpaired) electrons. The Balaban J connectivity index is 1.69. The van der Waals surface area contributed by atoms with Crippen molar-refractivity contribution in [1.82, 2.24) is 4.90 Å².